The fourth-order valence-corrected chi connectivity index (χ4v) is 14.9. The van der Waals surface area contributed by atoms with Crippen LogP contribution in [0.5, 0.6) is 0 Å². The monoisotopic (exact) mass is 791 g/mol. The molecular weight excluding hydrogens is 743 g/mol. The topological polar surface area (TPSA) is 117 Å². The summed E-state index contributed by atoms with van der Waals surface area (Å²) in [5, 5.41) is 47.0. The fourth-order valence-electron chi connectivity index (χ4n) is 9.65. The molecule has 0 spiro atoms. The van der Waals surface area contributed by atoms with Gasteiger partial charge in [0.2, 0.25) is 0 Å². The molecule has 0 saturated carbocycles. The van der Waals surface area contributed by atoms with Crippen LogP contribution in [0.15, 0.2) is 114 Å². The first-order valence-electron chi connectivity index (χ1n) is 19.9. The van der Waals surface area contributed by atoms with E-state index in [1.165, 1.54) is 0 Å². The summed E-state index contributed by atoms with van der Waals surface area (Å²) in [6.45, 7) is 13.7. The Balaban J connectivity index is 1.94. The van der Waals surface area contributed by atoms with Gasteiger partial charge in [0, 0.05) is 67.4 Å². The van der Waals surface area contributed by atoms with Crippen molar-refractivity contribution in [3.63, 3.8) is 0 Å². The Morgan fingerprint density at radius 2 is 0.983 bits per heavy atom. The van der Waals surface area contributed by atoms with Crippen molar-refractivity contribution in [2.75, 3.05) is 33.2 Å². The molecule has 0 saturated heterocycles. The first-order chi connectivity index (χ1) is 28.3. The van der Waals surface area contributed by atoms with E-state index in [0.717, 1.165) is 27.2 Å². The largest absolute Gasteiger partial charge is 0.378 e. The molecule has 59 heavy (non-hydrogen) atoms. The molecule has 0 aromatic heterocycles. The number of methoxy groups -OCH3 is 2. The van der Waals surface area contributed by atoms with E-state index in [2.05, 4.69) is 89.4 Å². The average molecular weight is 792 g/mol. The quantitative estimate of drug-likeness (QED) is 0.0631. The summed E-state index contributed by atoms with van der Waals surface area (Å²) < 4.78 is 13.9. The highest BCUT2D eigenvalue weighted by atomic mass is 28.3. The lowest BCUT2D eigenvalue weighted by atomic mass is 9.61. The van der Waals surface area contributed by atoms with E-state index in [1.54, 1.807) is 26.4 Å². The summed E-state index contributed by atoms with van der Waals surface area (Å²) in [5.41, 5.74) is 5.42. The van der Waals surface area contributed by atoms with E-state index in [9.17, 15) is 21.0 Å². The standard InChI is InChI=1S/C51H49N5O2Si/c1-33(2)59(34(3)4,35(5)6)24-23-50(57-9)44-25-37-15-11-13-17-39(37)27-46(44)51(58-10,47-28-40-18-14-12-16-38(40)26-45(47)50)49(42(31-54)32-55)48(41(29-52)30-53)36-19-21-43(22-20-36)56(7)8/h11-22,25-28,33-35H,1-10H3. The third-order valence-electron chi connectivity index (χ3n) is 12.4. The SMILES string of the molecule is COC1(C#C[Si](C(C)C)(C(C)C)C(C)C)c2cc3ccccc3cc2C(OC)(C(=C(C#N)C#N)C(=C(C#N)C#N)c2ccc(N(C)C)cc2)c2cc3ccccc3cc21. The number of nitrogens with zero attached hydrogens (tertiary/aromatic N) is 5. The molecule has 0 aliphatic heterocycles. The molecule has 0 amide bonds. The van der Waals surface area contributed by atoms with Crippen LogP contribution >= 0.6 is 0 Å². The normalized spacial score (nSPS) is 16.8. The van der Waals surface area contributed by atoms with Crippen LogP contribution in [-0.4, -0.2) is 36.4 Å². The van der Waals surface area contributed by atoms with Gasteiger partial charge in [-0.2, -0.15) is 21.0 Å². The summed E-state index contributed by atoms with van der Waals surface area (Å²) in [5.74, 6) is 3.86. The molecule has 7 nitrogen and oxygen atoms in total. The van der Waals surface area contributed by atoms with Crippen LogP contribution in [0.1, 0.15) is 69.4 Å². The van der Waals surface area contributed by atoms with Gasteiger partial charge in [0.05, 0.1) is 0 Å². The average Bonchev–Trinajstić information content (AvgIpc) is 3.23. The molecule has 8 heteroatoms. The van der Waals surface area contributed by atoms with Gasteiger partial charge in [0.15, 0.2) is 5.60 Å². The molecule has 294 valence electrons. The highest BCUT2D eigenvalue weighted by Crippen LogP contribution is 2.58. The molecular formula is C51H49N5O2Si. The lowest BCUT2D eigenvalue weighted by Crippen LogP contribution is -2.47. The van der Waals surface area contributed by atoms with Crippen LogP contribution in [0.25, 0.3) is 27.1 Å². The highest BCUT2D eigenvalue weighted by molar-refractivity contribution is 6.90. The Hall–Kier alpha value is -6.44. The molecule has 5 aromatic rings. The molecule has 5 aromatic carbocycles. The van der Waals surface area contributed by atoms with E-state index in [4.69, 9.17) is 9.47 Å². The van der Waals surface area contributed by atoms with Crippen molar-refractivity contribution in [1.29, 1.82) is 21.0 Å². The maximum atomic E-state index is 11.0. The minimum atomic E-state index is -2.37. The number of hydrogen-bond donors (Lipinski definition) is 0. The number of nitriles is 4. The number of allylic oxidation sites excluding steroid dienone is 2. The molecule has 0 N–H and O–H groups in total. The smallest absolute Gasteiger partial charge is 0.179 e. The lowest BCUT2D eigenvalue weighted by molar-refractivity contribution is 0.0245. The highest BCUT2D eigenvalue weighted by Gasteiger charge is 2.56. The number of rotatable bonds is 9. The van der Waals surface area contributed by atoms with E-state index >= 15 is 0 Å². The van der Waals surface area contributed by atoms with Crippen LogP contribution in [0.4, 0.5) is 5.69 Å². The number of anilines is 1. The van der Waals surface area contributed by atoms with Crippen molar-refractivity contribution in [2.24, 2.45) is 0 Å². The van der Waals surface area contributed by atoms with Crippen LogP contribution < -0.4 is 4.90 Å². The second-order valence-corrected chi connectivity index (χ2v) is 21.9. The van der Waals surface area contributed by atoms with Gasteiger partial charge in [0.1, 0.15) is 49.1 Å². The van der Waals surface area contributed by atoms with E-state index in [-0.39, 0.29) is 22.3 Å². The van der Waals surface area contributed by atoms with E-state index in [1.807, 2.05) is 91.8 Å². The summed E-state index contributed by atoms with van der Waals surface area (Å²) in [6, 6.07) is 40.1. The molecule has 0 bridgehead atoms. The van der Waals surface area contributed by atoms with Gasteiger partial charge < -0.3 is 14.4 Å². The number of fused-ring (bicyclic) bond motifs is 4. The van der Waals surface area contributed by atoms with Gasteiger partial charge in [-0.05, 0) is 80.1 Å². The Labute approximate surface area is 350 Å². The molecule has 0 radical (unpaired) electrons. The molecule has 0 atom stereocenters. The summed E-state index contributed by atoms with van der Waals surface area (Å²) in [6.07, 6.45) is 0. The minimum absolute atomic E-state index is 0.0849. The summed E-state index contributed by atoms with van der Waals surface area (Å²) >= 11 is 0. The van der Waals surface area contributed by atoms with Crippen LogP contribution in [0.3, 0.4) is 0 Å². The number of benzene rings is 5. The number of hydrogen-bond acceptors (Lipinski definition) is 7. The number of ether oxygens (including phenoxy) is 2. The molecule has 0 heterocycles. The van der Waals surface area contributed by atoms with Gasteiger partial charge in [-0.3, -0.25) is 0 Å². The van der Waals surface area contributed by atoms with Gasteiger partial charge >= 0.3 is 0 Å². The molecule has 6 rings (SSSR count). The zero-order valence-electron chi connectivity index (χ0n) is 35.5. The van der Waals surface area contributed by atoms with Gasteiger partial charge in [-0.15, -0.1) is 5.54 Å². The second-order valence-electron chi connectivity index (χ2n) is 16.3. The van der Waals surface area contributed by atoms with Crippen molar-refractivity contribution in [3.05, 3.63) is 142 Å². The van der Waals surface area contributed by atoms with Crippen molar-refractivity contribution in [1.82, 2.24) is 0 Å². The third kappa shape index (κ3) is 6.60. The molecule has 0 fully saturated rings. The van der Waals surface area contributed by atoms with Crippen LogP contribution in [0.2, 0.25) is 16.6 Å². The predicted octanol–water partition coefficient (Wildman–Crippen LogP) is 11.2. The van der Waals surface area contributed by atoms with Crippen molar-refractivity contribution in [3.8, 4) is 35.7 Å². The lowest BCUT2D eigenvalue weighted by Gasteiger charge is -2.48. The zero-order valence-corrected chi connectivity index (χ0v) is 36.5. The maximum absolute atomic E-state index is 11.0. The van der Waals surface area contributed by atoms with E-state index < -0.39 is 19.3 Å². The Morgan fingerprint density at radius 3 is 1.32 bits per heavy atom. The Kier molecular flexibility index (Phi) is 11.7. The van der Waals surface area contributed by atoms with Crippen LogP contribution in [0, 0.1) is 56.8 Å². The fraction of sp³-hybridized carbons (Fsp3) is 0.294. The second kappa shape index (κ2) is 16.4. The summed E-state index contributed by atoms with van der Waals surface area (Å²) in [7, 11) is 4.70. The minimum Gasteiger partial charge on any atom is -0.378 e. The Morgan fingerprint density at radius 1 is 0.576 bits per heavy atom. The zero-order chi connectivity index (χ0) is 42.9. The van der Waals surface area contributed by atoms with Gasteiger partial charge in [-0.1, -0.05) is 108 Å². The first-order valence-corrected chi connectivity index (χ1v) is 22.1. The maximum Gasteiger partial charge on any atom is 0.179 e. The van der Waals surface area contributed by atoms with Crippen molar-refractivity contribution in [2.45, 2.75) is 69.4 Å². The predicted molar refractivity (Wildman–Crippen MR) is 239 cm³/mol. The molecule has 0 unspecified atom stereocenters. The van der Waals surface area contributed by atoms with Gasteiger partial charge in [0.25, 0.3) is 0 Å². The third-order valence-corrected chi connectivity index (χ3v) is 18.7. The van der Waals surface area contributed by atoms with Crippen LogP contribution in [-0.2, 0) is 20.7 Å². The van der Waals surface area contributed by atoms with Crippen molar-refractivity contribution < 1.29 is 9.47 Å². The Bertz CT molecular complexity index is 2630. The van der Waals surface area contributed by atoms with Gasteiger partial charge in [-0.25, -0.2) is 0 Å². The molecule has 1 aliphatic rings. The summed E-state index contributed by atoms with van der Waals surface area (Å²) in [4.78, 5) is 1.94. The first kappa shape index (κ1) is 42.2. The van der Waals surface area contributed by atoms with E-state index in [0.29, 0.717) is 44.4 Å². The van der Waals surface area contributed by atoms with Crippen molar-refractivity contribution >= 4 is 40.9 Å². The molecule has 1 aliphatic carbocycles.